The maximum absolute atomic E-state index is 12.5. The molecule has 1 atom stereocenters. The number of halogens is 1. The normalized spacial score (nSPS) is 18.0. The van der Waals surface area contributed by atoms with Crippen molar-refractivity contribution in [3.8, 4) is 0 Å². The Kier molecular flexibility index (Phi) is 4.99. The van der Waals surface area contributed by atoms with Crippen molar-refractivity contribution in [2.45, 2.75) is 38.1 Å². The van der Waals surface area contributed by atoms with Gasteiger partial charge in [-0.2, -0.15) is 5.10 Å². The lowest BCUT2D eigenvalue weighted by molar-refractivity contribution is -0.135. The SMILES string of the molecule is NC(=O)c1cnn2c(C3CCCCN3C(=O)CCCCl)ccnc12. The van der Waals surface area contributed by atoms with E-state index in [4.69, 9.17) is 17.3 Å². The number of fused-ring (bicyclic) bond motifs is 1. The summed E-state index contributed by atoms with van der Waals surface area (Å²) in [7, 11) is 0. The van der Waals surface area contributed by atoms with E-state index in [2.05, 4.69) is 10.1 Å². The summed E-state index contributed by atoms with van der Waals surface area (Å²) in [5.41, 5.74) is 6.94. The van der Waals surface area contributed by atoms with Crippen LogP contribution in [0.25, 0.3) is 5.65 Å². The van der Waals surface area contributed by atoms with Crippen molar-refractivity contribution in [3.63, 3.8) is 0 Å². The van der Waals surface area contributed by atoms with Crippen molar-refractivity contribution in [1.29, 1.82) is 0 Å². The first-order valence-electron chi connectivity index (χ1n) is 8.11. The molecule has 1 saturated heterocycles. The molecule has 2 aromatic heterocycles. The molecule has 0 radical (unpaired) electrons. The molecule has 0 saturated carbocycles. The van der Waals surface area contributed by atoms with Crippen LogP contribution in [-0.2, 0) is 4.79 Å². The number of carbonyl (C=O) groups is 2. The van der Waals surface area contributed by atoms with E-state index in [9.17, 15) is 9.59 Å². The number of hydrogen-bond donors (Lipinski definition) is 1. The Morgan fingerprint density at radius 2 is 2.21 bits per heavy atom. The Balaban J connectivity index is 1.97. The first-order valence-corrected chi connectivity index (χ1v) is 8.65. The zero-order valence-electron chi connectivity index (χ0n) is 13.3. The highest BCUT2D eigenvalue weighted by Crippen LogP contribution is 2.31. The fourth-order valence-corrected chi connectivity index (χ4v) is 3.37. The third-order valence-corrected chi connectivity index (χ3v) is 4.65. The zero-order chi connectivity index (χ0) is 17.1. The molecule has 1 unspecified atom stereocenters. The van der Waals surface area contributed by atoms with Crippen LogP contribution in [0.3, 0.4) is 0 Å². The van der Waals surface area contributed by atoms with Gasteiger partial charge in [-0.1, -0.05) is 0 Å². The third kappa shape index (κ3) is 3.08. The second kappa shape index (κ2) is 7.17. The molecular formula is C16H20ClN5O2. The molecule has 3 heterocycles. The minimum absolute atomic E-state index is 0.0762. The van der Waals surface area contributed by atoms with E-state index in [0.717, 1.165) is 31.5 Å². The fraction of sp³-hybridized carbons (Fsp3) is 0.500. The second-order valence-electron chi connectivity index (χ2n) is 5.92. The first kappa shape index (κ1) is 16.7. The van der Waals surface area contributed by atoms with Crippen molar-refractivity contribution in [2.24, 2.45) is 5.73 Å². The van der Waals surface area contributed by atoms with Crippen molar-refractivity contribution in [1.82, 2.24) is 19.5 Å². The number of nitrogens with zero attached hydrogens (tertiary/aromatic N) is 4. The minimum Gasteiger partial charge on any atom is -0.365 e. The van der Waals surface area contributed by atoms with E-state index < -0.39 is 5.91 Å². The minimum atomic E-state index is -0.562. The number of hydrogen-bond acceptors (Lipinski definition) is 4. The summed E-state index contributed by atoms with van der Waals surface area (Å²) in [6, 6.07) is 1.77. The number of piperidine rings is 1. The molecule has 7 nitrogen and oxygen atoms in total. The van der Waals surface area contributed by atoms with Crippen molar-refractivity contribution in [3.05, 3.63) is 29.7 Å². The molecular weight excluding hydrogens is 330 g/mol. The van der Waals surface area contributed by atoms with Gasteiger partial charge in [0, 0.05) is 25.0 Å². The van der Waals surface area contributed by atoms with Crippen molar-refractivity contribution < 1.29 is 9.59 Å². The van der Waals surface area contributed by atoms with Crippen LogP contribution >= 0.6 is 11.6 Å². The van der Waals surface area contributed by atoms with E-state index in [-0.39, 0.29) is 17.5 Å². The summed E-state index contributed by atoms with van der Waals surface area (Å²) in [6.45, 7) is 0.722. The number of alkyl halides is 1. The number of rotatable bonds is 5. The van der Waals surface area contributed by atoms with E-state index in [1.54, 1.807) is 10.7 Å². The summed E-state index contributed by atoms with van der Waals surface area (Å²) >= 11 is 5.71. The Labute approximate surface area is 144 Å². The molecule has 1 fully saturated rings. The Hall–Kier alpha value is -2.15. The van der Waals surface area contributed by atoms with Gasteiger partial charge < -0.3 is 10.6 Å². The van der Waals surface area contributed by atoms with Gasteiger partial charge in [-0.05, 0) is 31.7 Å². The van der Waals surface area contributed by atoms with E-state index in [0.29, 0.717) is 24.4 Å². The van der Waals surface area contributed by atoms with Gasteiger partial charge in [0.25, 0.3) is 5.91 Å². The molecule has 1 aliphatic heterocycles. The van der Waals surface area contributed by atoms with Gasteiger partial charge in [0.2, 0.25) is 5.91 Å². The Morgan fingerprint density at radius 3 is 2.96 bits per heavy atom. The Morgan fingerprint density at radius 1 is 1.38 bits per heavy atom. The van der Waals surface area contributed by atoms with Gasteiger partial charge in [0.1, 0.15) is 5.56 Å². The second-order valence-corrected chi connectivity index (χ2v) is 6.30. The highest BCUT2D eigenvalue weighted by atomic mass is 35.5. The molecule has 2 amide bonds. The topological polar surface area (TPSA) is 93.6 Å². The zero-order valence-corrected chi connectivity index (χ0v) is 14.1. The van der Waals surface area contributed by atoms with Gasteiger partial charge in [0.15, 0.2) is 5.65 Å². The van der Waals surface area contributed by atoms with Crippen LogP contribution < -0.4 is 5.73 Å². The number of aromatic nitrogens is 3. The maximum Gasteiger partial charge on any atom is 0.254 e. The van der Waals surface area contributed by atoms with Gasteiger partial charge in [-0.15, -0.1) is 11.6 Å². The molecule has 128 valence electrons. The predicted octanol–water partition coefficient (Wildman–Crippen LogP) is 1.90. The Bertz CT molecular complexity index is 760. The largest absolute Gasteiger partial charge is 0.365 e. The lowest BCUT2D eigenvalue weighted by Crippen LogP contribution is -2.39. The van der Waals surface area contributed by atoms with Crippen LogP contribution in [-0.4, -0.2) is 43.7 Å². The monoisotopic (exact) mass is 349 g/mol. The molecule has 24 heavy (non-hydrogen) atoms. The van der Waals surface area contributed by atoms with E-state index in [1.807, 2.05) is 11.0 Å². The molecule has 3 rings (SSSR count). The average molecular weight is 350 g/mol. The van der Waals surface area contributed by atoms with E-state index in [1.165, 1.54) is 6.20 Å². The lowest BCUT2D eigenvalue weighted by Gasteiger charge is -2.36. The van der Waals surface area contributed by atoms with Gasteiger partial charge in [0.05, 0.1) is 17.9 Å². The van der Waals surface area contributed by atoms with Crippen LogP contribution in [0.4, 0.5) is 0 Å². The van der Waals surface area contributed by atoms with Crippen molar-refractivity contribution in [2.75, 3.05) is 12.4 Å². The van der Waals surface area contributed by atoms with Gasteiger partial charge in [-0.3, -0.25) is 9.59 Å². The fourth-order valence-electron chi connectivity index (χ4n) is 3.24. The van der Waals surface area contributed by atoms with E-state index >= 15 is 0 Å². The summed E-state index contributed by atoms with van der Waals surface area (Å²) < 4.78 is 1.62. The van der Waals surface area contributed by atoms with Crippen LogP contribution in [0.5, 0.6) is 0 Å². The van der Waals surface area contributed by atoms with Crippen LogP contribution in [0.15, 0.2) is 18.5 Å². The number of nitrogens with two attached hydrogens (primary N) is 1. The van der Waals surface area contributed by atoms with Gasteiger partial charge in [-0.25, -0.2) is 9.50 Å². The molecule has 2 aromatic rings. The molecule has 0 aromatic carbocycles. The summed E-state index contributed by atoms with van der Waals surface area (Å²) in [4.78, 5) is 30.2. The summed E-state index contributed by atoms with van der Waals surface area (Å²) in [5.74, 6) is 0.0196. The first-order chi connectivity index (χ1) is 11.6. The van der Waals surface area contributed by atoms with Crippen LogP contribution in [0.1, 0.15) is 54.2 Å². The highest BCUT2D eigenvalue weighted by molar-refractivity contribution is 6.17. The number of likely N-dealkylation sites (tertiary alicyclic amines) is 1. The van der Waals surface area contributed by atoms with Crippen LogP contribution in [0.2, 0.25) is 0 Å². The predicted molar refractivity (Wildman–Crippen MR) is 89.8 cm³/mol. The quantitative estimate of drug-likeness (QED) is 0.834. The molecule has 0 spiro atoms. The molecule has 0 bridgehead atoms. The highest BCUT2D eigenvalue weighted by Gasteiger charge is 2.30. The lowest BCUT2D eigenvalue weighted by atomic mass is 9.98. The van der Waals surface area contributed by atoms with Crippen molar-refractivity contribution >= 4 is 29.1 Å². The maximum atomic E-state index is 12.5. The third-order valence-electron chi connectivity index (χ3n) is 4.38. The smallest absolute Gasteiger partial charge is 0.254 e. The molecule has 2 N–H and O–H groups in total. The number of amides is 2. The van der Waals surface area contributed by atoms with Crippen LogP contribution in [0, 0.1) is 0 Å². The standard InChI is InChI=1S/C16H20ClN5O2/c17-7-3-5-14(23)21-9-2-1-4-12(21)13-6-8-19-16-11(15(18)24)10-20-22(13)16/h6,8,10,12H,1-5,7,9H2,(H2,18,24). The number of primary amides is 1. The average Bonchev–Trinajstić information content (AvgIpc) is 3.04. The summed E-state index contributed by atoms with van der Waals surface area (Å²) in [5, 5.41) is 4.27. The number of carbonyl (C=O) groups excluding carboxylic acids is 2. The molecule has 8 heteroatoms. The molecule has 1 aliphatic rings. The summed E-state index contributed by atoms with van der Waals surface area (Å²) in [6.07, 6.45) is 7.06. The molecule has 0 aliphatic carbocycles. The van der Waals surface area contributed by atoms with Gasteiger partial charge >= 0.3 is 0 Å².